The molecular weight excluding hydrogens is 249 g/mol. The fourth-order valence-electron chi connectivity index (χ4n) is 2.21. The number of nitrogens with two attached hydrogens (primary N) is 1. The summed E-state index contributed by atoms with van der Waals surface area (Å²) >= 11 is 0. The normalized spacial score (nSPS) is 11.4. The third-order valence-corrected chi connectivity index (χ3v) is 4.59. The lowest BCUT2D eigenvalue weighted by atomic mass is 10.1. The molecular formula is C17H16NP. The second kappa shape index (κ2) is 5.52. The molecule has 1 nitrogen and oxygen atoms in total. The summed E-state index contributed by atoms with van der Waals surface area (Å²) in [6.07, 6.45) is 0. The van der Waals surface area contributed by atoms with Gasteiger partial charge in [-0.05, 0) is 26.9 Å². The number of fused-ring (bicyclic) bond motifs is 1. The van der Waals surface area contributed by atoms with Gasteiger partial charge in [-0.1, -0.05) is 75.3 Å². The van der Waals surface area contributed by atoms with Crippen LogP contribution in [0.1, 0.15) is 5.56 Å². The molecule has 2 heteroatoms. The minimum Gasteiger partial charge on any atom is -0.326 e. The Labute approximate surface area is 115 Å². The topological polar surface area (TPSA) is 26.0 Å². The molecule has 0 aliphatic carbocycles. The Morgan fingerprint density at radius 1 is 0.789 bits per heavy atom. The predicted molar refractivity (Wildman–Crippen MR) is 85.9 cm³/mol. The van der Waals surface area contributed by atoms with E-state index in [2.05, 4.69) is 66.7 Å². The molecule has 0 heterocycles. The first-order valence-corrected chi connectivity index (χ1v) is 7.40. The van der Waals surface area contributed by atoms with Crippen LogP contribution in [-0.2, 0) is 6.54 Å². The maximum atomic E-state index is 5.63. The van der Waals surface area contributed by atoms with E-state index in [-0.39, 0.29) is 0 Å². The summed E-state index contributed by atoms with van der Waals surface area (Å²) < 4.78 is 0. The Bertz CT molecular complexity index is 684. The van der Waals surface area contributed by atoms with E-state index in [9.17, 15) is 0 Å². The molecule has 19 heavy (non-hydrogen) atoms. The minimum atomic E-state index is 0.609. The third kappa shape index (κ3) is 2.68. The van der Waals surface area contributed by atoms with E-state index in [1.165, 1.54) is 26.9 Å². The molecule has 1 atom stereocenters. The largest absolute Gasteiger partial charge is 0.326 e. The fraction of sp³-hybridized carbons (Fsp3) is 0.0588. The maximum absolute atomic E-state index is 5.63. The number of hydrogen-bond donors (Lipinski definition) is 1. The smallest absolute Gasteiger partial charge is 0.0178 e. The lowest BCUT2D eigenvalue weighted by Crippen LogP contribution is -2.05. The summed E-state index contributed by atoms with van der Waals surface area (Å²) in [6.45, 7) is 0.609. The van der Waals surface area contributed by atoms with Gasteiger partial charge in [0.15, 0.2) is 0 Å². The van der Waals surface area contributed by atoms with Crippen molar-refractivity contribution in [3.63, 3.8) is 0 Å². The highest BCUT2D eigenvalue weighted by Gasteiger charge is 2.01. The van der Waals surface area contributed by atoms with Gasteiger partial charge >= 0.3 is 0 Å². The molecule has 2 N–H and O–H groups in total. The van der Waals surface area contributed by atoms with E-state index in [0.717, 1.165) is 0 Å². The van der Waals surface area contributed by atoms with E-state index >= 15 is 0 Å². The van der Waals surface area contributed by atoms with Crippen LogP contribution in [0, 0.1) is 0 Å². The Hall–Kier alpha value is -1.69. The molecule has 0 aliphatic rings. The average molecular weight is 265 g/mol. The van der Waals surface area contributed by atoms with Crippen LogP contribution < -0.4 is 16.3 Å². The monoisotopic (exact) mass is 265 g/mol. The number of rotatable bonds is 3. The summed E-state index contributed by atoms with van der Waals surface area (Å²) in [6, 6.07) is 23.7. The summed E-state index contributed by atoms with van der Waals surface area (Å²) in [5.41, 5.74) is 6.82. The van der Waals surface area contributed by atoms with E-state index < -0.39 is 0 Å². The lowest BCUT2D eigenvalue weighted by Gasteiger charge is -2.07. The van der Waals surface area contributed by atoms with E-state index in [0.29, 0.717) is 15.1 Å². The fourth-order valence-corrected chi connectivity index (χ4v) is 3.40. The van der Waals surface area contributed by atoms with Crippen molar-refractivity contribution in [3.05, 3.63) is 72.3 Å². The van der Waals surface area contributed by atoms with Crippen molar-refractivity contribution in [3.8, 4) is 0 Å². The highest BCUT2D eigenvalue weighted by Crippen LogP contribution is 2.19. The van der Waals surface area contributed by atoms with Gasteiger partial charge in [-0.2, -0.15) is 0 Å². The third-order valence-electron chi connectivity index (χ3n) is 3.26. The van der Waals surface area contributed by atoms with Crippen molar-refractivity contribution in [2.75, 3.05) is 0 Å². The molecule has 0 saturated heterocycles. The average Bonchev–Trinajstić information content (AvgIpc) is 2.48. The van der Waals surface area contributed by atoms with Crippen LogP contribution in [0.15, 0.2) is 66.7 Å². The van der Waals surface area contributed by atoms with Crippen LogP contribution in [0.2, 0.25) is 0 Å². The first-order valence-electron chi connectivity index (χ1n) is 6.40. The molecule has 0 bridgehead atoms. The van der Waals surface area contributed by atoms with Gasteiger partial charge in [-0.25, -0.2) is 0 Å². The molecule has 0 aliphatic heterocycles. The zero-order chi connectivity index (χ0) is 13.1. The number of benzene rings is 3. The molecule has 0 amide bonds. The Kier molecular flexibility index (Phi) is 3.59. The highest BCUT2D eigenvalue weighted by molar-refractivity contribution is 7.56. The van der Waals surface area contributed by atoms with Crippen LogP contribution in [0.25, 0.3) is 10.8 Å². The second-order valence-electron chi connectivity index (χ2n) is 4.55. The Morgan fingerprint density at radius 2 is 1.53 bits per heavy atom. The van der Waals surface area contributed by atoms with Crippen molar-refractivity contribution < 1.29 is 0 Å². The van der Waals surface area contributed by atoms with E-state index in [1.807, 2.05) is 0 Å². The molecule has 0 radical (unpaired) electrons. The lowest BCUT2D eigenvalue weighted by molar-refractivity contribution is 1.07. The quantitative estimate of drug-likeness (QED) is 0.724. The van der Waals surface area contributed by atoms with Crippen molar-refractivity contribution in [2.45, 2.75) is 6.54 Å². The first-order chi connectivity index (χ1) is 9.36. The minimum absolute atomic E-state index is 0.609. The van der Waals surface area contributed by atoms with Gasteiger partial charge < -0.3 is 5.73 Å². The number of hydrogen-bond acceptors (Lipinski definition) is 1. The van der Waals surface area contributed by atoms with Crippen LogP contribution in [0.4, 0.5) is 0 Å². The van der Waals surface area contributed by atoms with Crippen molar-refractivity contribution in [2.24, 2.45) is 5.73 Å². The van der Waals surface area contributed by atoms with Gasteiger partial charge in [-0.3, -0.25) is 0 Å². The Balaban J connectivity index is 1.96. The van der Waals surface area contributed by atoms with Gasteiger partial charge in [0.25, 0.3) is 0 Å². The van der Waals surface area contributed by atoms with Crippen molar-refractivity contribution >= 4 is 30.0 Å². The standard InChI is InChI=1S/C17H16NP/c18-12-13-8-10-15(11-9-13)19-17-7-3-5-14-4-1-2-6-16(14)17/h1-11,19H,12,18H2. The zero-order valence-electron chi connectivity index (χ0n) is 10.6. The van der Waals surface area contributed by atoms with Gasteiger partial charge in [-0.15, -0.1) is 0 Å². The molecule has 0 fully saturated rings. The molecule has 94 valence electrons. The van der Waals surface area contributed by atoms with Gasteiger partial charge in [0, 0.05) is 6.54 Å². The molecule has 0 saturated carbocycles. The second-order valence-corrected chi connectivity index (χ2v) is 5.92. The summed E-state index contributed by atoms with van der Waals surface area (Å²) in [4.78, 5) is 0. The summed E-state index contributed by atoms with van der Waals surface area (Å²) in [5, 5.41) is 5.42. The maximum Gasteiger partial charge on any atom is 0.0178 e. The van der Waals surface area contributed by atoms with Gasteiger partial charge in [0.2, 0.25) is 0 Å². The van der Waals surface area contributed by atoms with Crippen molar-refractivity contribution in [1.29, 1.82) is 0 Å². The molecule has 0 aromatic heterocycles. The molecule has 3 rings (SSSR count). The Morgan fingerprint density at radius 3 is 2.32 bits per heavy atom. The first kappa shape index (κ1) is 12.3. The predicted octanol–water partition coefficient (Wildman–Crippen LogP) is 2.93. The van der Waals surface area contributed by atoms with Gasteiger partial charge in [0.05, 0.1) is 0 Å². The molecule has 1 unspecified atom stereocenters. The molecule has 3 aromatic carbocycles. The van der Waals surface area contributed by atoms with Crippen LogP contribution in [0.5, 0.6) is 0 Å². The SMILES string of the molecule is NCc1ccc(Pc2cccc3ccccc23)cc1. The zero-order valence-corrected chi connectivity index (χ0v) is 11.6. The van der Waals surface area contributed by atoms with Gasteiger partial charge in [0.1, 0.15) is 0 Å². The van der Waals surface area contributed by atoms with Crippen LogP contribution in [-0.4, -0.2) is 0 Å². The van der Waals surface area contributed by atoms with E-state index in [4.69, 9.17) is 5.73 Å². The summed E-state index contributed by atoms with van der Waals surface area (Å²) in [7, 11) is 0.687. The van der Waals surface area contributed by atoms with E-state index in [1.54, 1.807) is 0 Å². The molecule has 0 spiro atoms. The summed E-state index contributed by atoms with van der Waals surface area (Å²) in [5.74, 6) is 0. The van der Waals surface area contributed by atoms with Crippen LogP contribution >= 0.6 is 8.58 Å². The van der Waals surface area contributed by atoms with Crippen molar-refractivity contribution in [1.82, 2.24) is 0 Å². The highest BCUT2D eigenvalue weighted by atomic mass is 31.1. The van der Waals surface area contributed by atoms with Crippen LogP contribution in [0.3, 0.4) is 0 Å². The molecule has 3 aromatic rings.